The zero-order valence-electron chi connectivity index (χ0n) is 13.9. The van der Waals surface area contributed by atoms with Crippen molar-refractivity contribution in [3.63, 3.8) is 0 Å². The molecule has 3 rings (SSSR count). The van der Waals surface area contributed by atoms with Crippen molar-refractivity contribution in [2.45, 2.75) is 6.42 Å². The predicted molar refractivity (Wildman–Crippen MR) is 95.5 cm³/mol. The highest BCUT2D eigenvalue weighted by Crippen LogP contribution is 2.16. The minimum Gasteiger partial charge on any atom is -0.508 e. The van der Waals surface area contributed by atoms with Crippen molar-refractivity contribution in [1.29, 1.82) is 0 Å². The number of para-hydroxylation sites is 1. The molecule has 1 heterocycles. The van der Waals surface area contributed by atoms with Crippen LogP contribution in [0.1, 0.15) is 15.9 Å². The van der Waals surface area contributed by atoms with Gasteiger partial charge in [-0.15, -0.1) is 0 Å². The van der Waals surface area contributed by atoms with E-state index in [4.69, 9.17) is 0 Å². The quantitative estimate of drug-likeness (QED) is 0.829. The van der Waals surface area contributed by atoms with Gasteiger partial charge in [-0.05, 0) is 18.1 Å². The van der Waals surface area contributed by atoms with Crippen molar-refractivity contribution in [2.24, 2.45) is 0 Å². The van der Waals surface area contributed by atoms with Crippen LogP contribution in [0.15, 0.2) is 54.6 Å². The van der Waals surface area contributed by atoms with Gasteiger partial charge >= 0.3 is 0 Å². The second-order valence-corrected chi connectivity index (χ2v) is 6.29. The molecule has 0 atom stereocenters. The van der Waals surface area contributed by atoms with E-state index in [0.29, 0.717) is 12.3 Å². The first kappa shape index (κ1) is 16.7. The fourth-order valence-electron chi connectivity index (χ4n) is 3.09. The molecular weight excluding hydrogens is 300 g/mol. The molecule has 2 aromatic rings. The summed E-state index contributed by atoms with van der Waals surface area (Å²) in [7, 11) is 0. The van der Waals surface area contributed by atoms with Gasteiger partial charge in [0.25, 0.3) is 0 Å². The van der Waals surface area contributed by atoms with Crippen LogP contribution in [-0.4, -0.2) is 60.0 Å². The van der Waals surface area contributed by atoms with Gasteiger partial charge in [0.05, 0.1) is 6.54 Å². The Balaban J connectivity index is 1.43. The predicted octanol–water partition coefficient (Wildman–Crippen LogP) is 2.44. The molecule has 1 aliphatic heterocycles. The van der Waals surface area contributed by atoms with E-state index in [0.717, 1.165) is 50.3 Å². The minimum atomic E-state index is 0.193. The lowest BCUT2D eigenvalue weighted by Gasteiger charge is -2.34. The number of hydrogen-bond acceptors (Lipinski definition) is 4. The summed E-state index contributed by atoms with van der Waals surface area (Å²) in [5.41, 5.74) is 1.79. The number of carbonyl (C=O) groups is 1. The number of aromatic hydroxyl groups is 1. The lowest BCUT2D eigenvalue weighted by atomic mass is 10.1. The third-order valence-corrected chi connectivity index (χ3v) is 4.62. The first-order valence-electron chi connectivity index (χ1n) is 8.52. The monoisotopic (exact) mass is 324 g/mol. The third kappa shape index (κ3) is 4.43. The van der Waals surface area contributed by atoms with Gasteiger partial charge in [-0.1, -0.05) is 48.5 Å². The fourth-order valence-corrected chi connectivity index (χ4v) is 3.09. The minimum absolute atomic E-state index is 0.193. The van der Waals surface area contributed by atoms with E-state index in [2.05, 4.69) is 9.80 Å². The van der Waals surface area contributed by atoms with Crippen LogP contribution in [0.3, 0.4) is 0 Å². The molecule has 1 aliphatic rings. The van der Waals surface area contributed by atoms with Crippen molar-refractivity contribution in [1.82, 2.24) is 9.80 Å². The molecule has 0 unspecified atom stereocenters. The maximum atomic E-state index is 12.3. The third-order valence-electron chi connectivity index (χ3n) is 4.62. The number of hydrogen-bond donors (Lipinski definition) is 1. The molecule has 0 aliphatic carbocycles. The normalized spacial score (nSPS) is 16.2. The number of phenols is 1. The molecule has 24 heavy (non-hydrogen) atoms. The van der Waals surface area contributed by atoms with Gasteiger partial charge in [-0.3, -0.25) is 9.69 Å². The van der Waals surface area contributed by atoms with Crippen LogP contribution < -0.4 is 0 Å². The SMILES string of the molecule is O=C(CN1CCN(CCc2ccccc2O)CC1)c1ccccc1. The Morgan fingerprint density at radius 1 is 0.875 bits per heavy atom. The molecule has 1 N–H and O–H groups in total. The Hall–Kier alpha value is -2.17. The van der Waals surface area contributed by atoms with Crippen LogP contribution in [0, 0.1) is 0 Å². The summed E-state index contributed by atoms with van der Waals surface area (Å²) in [6.07, 6.45) is 0.857. The van der Waals surface area contributed by atoms with Crippen molar-refractivity contribution in [3.05, 3.63) is 65.7 Å². The Morgan fingerprint density at radius 2 is 1.50 bits per heavy atom. The molecule has 0 aromatic heterocycles. The van der Waals surface area contributed by atoms with Gasteiger partial charge in [-0.25, -0.2) is 0 Å². The van der Waals surface area contributed by atoms with E-state index in [9.17, 15) is 9.90 Å². The second-order valence-electron chi connectivity index (χ2n) is 6.29. The summed E-state index contributed by atoms with van der Waals surface area (Å²) in [6.45, 7) is 5.21. The zero-order valence-corrected chi connectivity index (χ0v) is 13.9. The van der Waals surface area contributed by atoms with Gasteiger partial charge in [0.15, 0.2) is 5.78 Å². The number of phenolic OH excluding ortho intramolecular Hbond substituents is 1. The van der Waals surface area contributed by atoms with E-state index in [-0.39, 0.29) is 5.78 Å². The maximum absolute atomic E-state index is 12.3. The van der Waals surface area contributed by atoms with E-state index >= 15 is 0 Å². The molecule has 1 saturated heterocycles. The molecule has 0 spiro atoms. The van der Waals surface area contributed by atoms with Gasteiger partial charge < -0.3 is 10.0 Å². The number of piperazine rings is 1. The average Bonchev–Trinajstić information content (AvgIpc) is 2.63. The fraction of sp³-hybridized carbons (Fsp3) is 0.350. The molecule has 2 aromatic carbocycles. The van der Waals surface area contributed by atoms with Crippen LogP contribution in [0.2, 0.25) is 0 Å². The van der Waals surface area contributed by atoms with Crippen LogP contribution in [0.5, 0.6) is 5.75 Å². The number of Topliss-reactive ketones (excluding diaryl/α,β-unsaturated/α-hetero) is 1. The highest BCUT2D eigenvalue weighted by atomic mass is 16.3. The van der Waals surface area contributed by atoms with Crippen molar-refractivity contribution >= 4 is 5.78 Å². The summed E-state index contributed by atoms with van der Waals surface area (Å²) < 4.78 is 0. The summed E-state index contributed by atoms with van der Waals surface area (Å²) in [4.78, 5) is 16.9. The van der Waals surface area contributed by atoms with Crippen LogP contribution in [-0.2, 0) is 6.42 Å². The molecule has 1 fully saturated rings. The zero-order chi connectivity index (χ0) is 16.8. The summed E-state index contributed by atoms with van der Waals surface area (Å²) in [5, 5.41) is 9.83. The molecular formula is C20H24N2O2. The number of carbonyl (C=O) groups excluding carboxylic acids is 1. The second kappa shape index (κ2) is 8.08. The highest BCUT2D eigenvalue weighted by Gasteiger charge is 2.19. The molecule has 0 radical (unpaired) electrons. The van der Waals surface area contributed by atoms with E-state index in [1.165, 1.54) is 0 Å². The lowest BCUT2D eigenvalue weighted by molar-refractivity contribution is 0.0854. The van der Waals surface area contributed by atoms with Gasteiger partial charge in [-0.2, -0.15) is 0 Å². The average molecular weight is 324 g/mol. The Labute approximate surface area is 143 Å². The number of ketones is 1. The highest BCUT2D eigenvalue weighted by molar-refractivity contribution is 5.97. The Morgan fingerprint density at radius 3 is 2.21 bits per heavy atom. The molecule has 0 bridgehead atoms. The van der Waals surface area contributed by atoms with Gasteiger partial charge in [0.1, 0.15) is 5.75 Å². The van der Waals surface area contributed by atoms with Crippen molar-refractivity contribution in [3.8, 4) is 5.75 Å². The van der Waals surface area contributed by atoms with Crippen LogP contribution >= 0.6 is 0 Å². The molecule has 0 saturated carbocycles. The first-order valence-corrected chi connectivity index (χ1v) is 8.52. The van der Waals surface area contributed by atoms with Crippen molar-refractivity contribution in [2.75, 3.05) is 39.3 Å². The number of rotatable bonds is 6. The summed E-state index contributed by atoms with van der Waals surface area (Å²) in [5.74, 6) is 0.572. The Bertz CT molecular complexity index is 664. The van der Waals surface area contributed by atoms with Crippen LogP contribution in [0.4, 0.5) is 0 Å². The topological polar surface area (TPSA) is 43.8 Å². The molecule has 4 nitrogen and oxygen atoms in total. The van der Waals surface area contributed by atoms with E-state index < -0.39 is 0 Å². The lowest BCUT2D eigenvalue weighted by Crippen LogP contribution is -2.48. The first-order chi connectivity index (χ1) is 11.7. The standard InChI is InChI=1S/C20H24N2O2/c23-19-9-5-4-8-18(19)10-11-21-12-14-22(15-13-21)16-20(24)17-6-2-1-3-7-17/h1-9,23H,10-16H2. The Kier molecular flexibility index (Phi) is 5.62. The van der Waals surface area contributed by atoms with E-state index in [1.807, 2.05) is 48.5 Å². The molecule has 126 valence electrons. The van der Waals surface area contributed by atoms with Gasteiger partial charge in [0, 0.05) is 38.3 Å². The summed E-state index contributed by atoms with van der Waals surface area (Å²) >= 11 is 0. The van der Waals surface area contributed by atoms with E-state index in [1.54, 1.807) is 6.07 Å². The summed E-state index contributed by atoms with van der Waals surface area (Å²) in [6, 6.07) is 17.0. The van der Waals surface area contributed by atoms with Crippen LogP contribution in [0.25, 0.3) is 0 Å². The largest absolute Gasteiger partial charge is 0.508 e. The van der Waals surface area contributed by atoms with Crippen molar-refractivity contribution < 1.29 is 9.90 Å². The number of benzene rings is 2. The smallest absolute Gasteiger partial charge is 0.176 e. The maximum Gasteiger partial charge on any atom is 0.176 e. The van der Waals surface area contributed by atoms with Gasteiger partial charge in [0.2, 0.25) is 0 Å². The number of nitrogens with zero attached hydrogens (tertiary/aromatic N) is 2. The molecule has 0 amide bonds. The molecule has 4 heteroatoms.